The lowest BCUT2D eigenvalue weighted by Gasteiger charge is -2.15. The molecule has 96 valence electrons. The number of carbonyl (C=O) groups is 2. The molecule has 1 aromatic rings. The summed E-state index contributed by atoms with van der Waals surface area (Å²) in [4.78, 5) is 24.5. The maximum absolute atomic E-state index is 12.1. The molecule has 2 rings (SSSR count). The minimum Gasteiger partial charge on any atom is -0.481 e. The minimum atomic E-state index is -0.830. The van der Waals surface area contributed by atoms with Gasteiger partial charge in [-0.05, 0) is 24.1 Å². The second kappa shape index (κ2) is 5.18. The molecule has 0 spiro atoms. The fourth-order valence-electron chi connectivity index (χ4n) is 2.11. The van der Waals surface area contributed by atoms with E-state index in [1.165, 1.54) is 0 Å². The molecule has 1 fully saturated rings. The zero-order valence-corrected chi connectivity index (χ0v) is 10.0. The third kappa shape index (κ3) is 2.51. The summed E-state index contributed by atoms with van der Waals surface area (Å²) in [5, 5.41) is 8.90. The molecule has 1 aliphatic heterocycles. The average molecular weight is 248 g/mol. The SMILES string of the molecule is NCc1ccc(C(=O)N2CCC(C(=O)O)C2)cc1. The molecule has 1 amide bonds. The molecule has 0 aliphatic carbocycles. The Kier molecular flexibility index (Phi) is 3.62. The van der Waals surface area contributed by atoms with Crippen LogP contribution in [0.15, 0.2) is 24.3 Å². The van der Waals surface area contributed by atoms with Crippen molar-refractivity contribution in [1.29, 1.82) is 0 Å². The molecule has 5 nitrogen and oxygen atoms in total. The number of nitrogens with zero attached hydrogens (tertiary/aromatic N) is 1. The number of likely N-dealkylation sites (tertiary alicyclic amines) is 1. The molecule has 3 N–H and O–H groups in total. The van der Waals surface area contributed by atoms with Crippen LogP contribution in [0.4, 0.5) is 0 Å². The van der Waals surface area contributed by atoms with Gasteiger partial charge in [-0.3, -0.25) is 9.59 Å². The topological polar surface area (TPSA) is 83.6 Å². The van der Waals surface area contributed by atoms with Crippen molar-refractivity contribution in [3.63, 3.8) is 0 Å². The van der Waals surface area contributed by atoms with Crippen molar-refractivity contribution in [3.05, 3.63) is 35.4 Å². The van der Waals surface area contributed by atoms with Crippen molar-refractivity contribution < 1.29 is 14.7 Å². The molecule has 0 bridgehead atoms. The van der Waals surface area contributed by atoms with Crippen molar-refractivity contribution in [1.82, 2.24) is 4.90 Å². The van der Waals surface area contributed by atoms with Crippen LogP contribution in [0, 0.1) is 5.92 Å². The zero-order chi connectivity index (χ0) is 13.1. The number of nitrogens with two attached hydrogens (primary N) is 1. The van der Waals surface area contributed by atoms with Gasteiger partial charge in [-0.2, -0.15) is 0 Å². The highest BCUT2D eigenvalue weighted by molar-refractivity contribution is 5.94. The Morgan fingerprint density at radius 3 is 2.50 bits per heavy atom. The first-order chi connectivity index (χ1) is 8.61. The molecule has 1 aromatic carbocycles. The average Bonchev–Trinajstić information content (AvgIpc) is 2.88. The third-order valence-corrected chi connectivity index (χ3v) is 3.26. The largest absolute Gasteiger partial charge is 0.481 e. The molecule has 0 saturated carbocycles. The first-order valence-corrected chi connectivity index (χ1v) is 5.93. The Balaban J connectivity index is 2.05. The first-order valence-electron chi connectivity index (χ1n) is 5.93. The fourth-order valence-corrected chi connectivity index (χ4v) is 2.11. The number of rotatable bonds is 3. The fraction of sp³-hybridized carbons (Fsp3) is 0.385. The maximum Gasteiger partial charge on any atom is 0.308 e. The summed E-state index contributed by atoms with van der Waals surface area (Å²) < 4.78 is 0. The number of hydrogen-bond acceptors (Lipinski definition) is 3. The van der Waals surface area contributed by atoms with Crippen LogP contribution in [-0.2, 0) is 11.3 Å². The highest BCUT2D eigenvalue weighted by Crippen LogP contribution is 2.19. The second-order valence-electron chi connectivity index (χ2n) is 4.48. The lowest BCUT2D eigenvalue weighted by Crippen LogP contribution is -2.29. The number of carbonyl (C=O) groups excluding carboxylic acids is 1. The number of carboxylic acids is 1. The smallest absolute Gasteiger partial charge is 0.308 e. The summed E-state index contributed by atoms with van der Waals surface area (Å²) in [7, 11) is 0. The molecule has 1 saturated heterocycles. The Morgan fingerprint density at radius 1 is 1.33 bits per heavy atom. The summed E-state index contributed by atoms with van der Waals surface area (Å²) in [5.41, 5.74) is 7.04. The number of carboxylic acid groups (broad SMARTS) is 1. The van der Waals surface area contributed by atoms with Crippen LogP contribution < -0.4 is 5.73 Å². The summed E-state index contributed by atoms with van der Waals surface area (Å²) >= 11 is 0. The molecule has 1 atom stereocenters. The van der Waals surface area contributed by atoms with E-state index < -0.39 is 11.9 Å². The molecule has 1 heterocycles. The highest BCUT2D eigenvalue weighted by Gasteiger charge is 2.31. The van der Waals surface area contributed by atoms with Crippen LogP contribution in [0.1, 0.15) is 22.3 Å². The van der Waals surface area contributed by atoms with Crippen LogP contribution in [0.25, 0.3) is 0 Å². The quantitative estimate of drug-likeness (QED) is 0.824. The van der Waals surface area contributed by atoms with E-state index in [4.69, 9.17) is 10.8 Å². The third-order valence-electron chi connectivity index (χ3n) is 3.26. The number of aliphatic carboxylic acids is 1. The minimum absolute atomic E-state index is 0.109. The van der Waals surface area contributed by atoms with Gasteiger partial charge < -0.3 is 15.7 Å². The van der Waals surface area contributed by atoms with Gasteiger partial charge in [0.1, 0.15) is 0 Å². The number of amides is 1. The number of benzene rings is 1. The Hall–Kier alpha value is -1.88. The van der Waals surface area contributed by atoms with E-state index in [1.54, 1.807) is 17.0 Å². The Morgan fingerprint density at radius 2 is 2.00 bits per heavy atom. The van der Waals surface area contributed by atoms with E-state index in [0.29, 0.717) is 31.6 Å². The van der Waals surface area contributed by atoms with E-state index in [2.05, 4.69) is 0 Å². The van der Waals surface area contributed by atoms with Gasteiger partial charge in [0.15, 0.2) is 0 Å². The van der Waals surface area contributed by atoms with Crippen LogP contribution in [0.5, 0.6) is 0 Å². The second-order valence-corrected chi connectivity index (χ2v) is 4.48. The zero-order valence-electron chi connectivity index (χ0n) is 10.0. The van der Waals surface area contributed by atoms with E-state index >= 15 is 0 Å². The highest BCUT2D eigenvalue weighted by atomic mass is 16.4. The molecular formula is C13H16N2O3. The number of hydrogen-bond donors (Lipinski definition) is 2. The summed E-state index contributed by atoms with van der Waals surface area (Å²) in [6, 6.07) is 7.10. The molecule has 5 heteroatoms. The lowest BCUT2D eigenvalue weighted by atomic mass is 10.1. The van der Waals surface area contributed by atoms with Gasteiger partial charge in [0, 0.05) is 25.2 Å². The van der Waals surface area contributed by atoms with Crippen LogP contribution in [0.3, 0.4) is 0 Å². The lowest BCUT2D eigenvalue weighted by molar-refractivity contribution is -0.141. The van der Waals surface area contributed by atoms with Crippen molar-refractivity contribution in [2.24, 2.45) is 11.7 Å². The van der Waals surface area contributed by atoms with Crippen LogP contribution in [0.2, 0.25) is 0 Å². The standard InChI is InChI=1S/C13H16N2O3/c14-7-9-1-3-10(4-2-9)12(16)15-6-5-11(8-15)13(17)18/h1-4,11H,5-8,14H2,(H,17,18). The molecule has 1 unspecified atom stereocenters. The van der Waals surface area contributed by atoms with Crippen LogP contribution >= 0.6 is 0 Å². The van der Waals surface area contributed by atoms with Gasteiger partial charge in [-0.1, -0.05) is 12.1 Å². The predicted octanol–water partition coefficient (Wildman–Crippen LogP) is 0.692. The summed E-state index contributed by atoms with van der Waals surface area (Å²) in [6.07, 6.45) is 0.530. The van der Waals surface area contributed by atoms with Gasteiger partial charge in [-0.15, -0.1) is 0 Å². The van der Waals surface area contributed by atoms with Gasteiger partial charge in [0.2, 0.25) is 0 Å². The molecular weight excluding hydrogens is 232 g/mol. The van der Waals surface area contributed by atoms with E-state index in [9.17, 15) is 9.59 Å². The summed E-state index contributed by atoms with van der Waals surface area (Å²) in [6.45, 7) is 1.25. The van der Waals surface area contributed by atoms with Gasteiger partial charge in [-0.25, -0.2) is 0 Å². The Labute approximate surface area is 105 Å². The maximum atomic E-state index is 12.1. The summed E-state index contributed by atoms with van der Waals surface area (Å²) in [5.74, 6) is -1.37. The van der Waals surface area contributed by atoms with Crippen LogP contribution in [-0.4, -0.2) is 35.0 Å². The molecule has 18 heavy (non-hydrogen) atoms. The van der Waals surface area contributed by atoms with Gasteiger partial charge >= 0.3 is 5.97 Å². The molecule has 1 aliphatic rings. The Bertz CT molecular complexity index is 456. The van der Waals surface area contributed by atoms with Crippen molar-refractivity contribution in [3.8, 4) is 0 Å². The van der Waals surface area contributed by atoms with Gasteiger partial charge in [0.25, 0.3) is 5.91 Å². The normalized spacial score (nSPS) is 18.9. The van der Waals surface area contributed by atoms with E-state index in [1.807, 2.05) is 12.1 Å². The van der Waals surface area contributed by atoms with Crippen molar-refractivity contribution in [2.45, 2.75) is 13.0 Å². The predicted molar refractivity (Wildman–Crippen MR) is 66.0 cm³/mol. The first kappa shape index (κ1) is 12.6. The van der Waals surface area contributed by atoms with E-state index in [0.717, 1.165) is 5.56 Å². The monoisotopic (exact) mass is 248 g/mol. The molecule has 0 aromatic heterocycles. The molecule has 0 radical (unpaired) electrons. The van der Waals surface area contributed by atoms with E-state index in [-0.39, 0.29) is 5.91 Å². The van der Waals surface area contributed by atoms with Crippen molar-refractivity contribution in [2.75, 3.05) is 13.1 Å². The van der Waals surface area contributed by atoms with Crippen molar-refractivity contribution >= 4 is 11.9 Å². The van der Waals surface area contributed by atoms with Gasteiger partial charge in [0.05, 0.1) is 5.92 Å².